The standard InChI is InChI=1S/C19H18FN3O6/c1-11-7-15(16(23(27)28)8-12(11)2)22-17(24)10-29-18(25)9-21-19(26)13-5-3-4-6-14(13)20/h3-8H,9-10H2,1-2H3,(H,21,26)(H,22,24). The van der Waals surface area contributed by atoms with Gasteiger partial charge in [0.05, 0.1) is 10.5 Å². The van der Waals surface area contributed by atoms with Crippen molar-refractivity contribution in [2.24, 2.45) is 0 Å². The zero-order valence-electron chi connectivity index (χ0n) is 15.7. The van der Waals surface area contributed by atoms with Gasteiger partial charge in [0, 0.05) is 6.07 Å². The summed E-state index contributed by atoms with van der Waals surface area (Å²) in [7, 11) is 0. The Morgan fingerprint density at radius 2 is 1.79 bits per heavy atom. The van der Waals surface area contributed by atoms with E-state index in [1.165, 1.54) is 30.3 Å². The lowest BCUT2D eigenvalue weighted by Crippen LogP contribution is -2.32. The van der Waals surface area contributed by atoms with Crippen molar-refractivity contribution >= 4 is 29.2 Å². The Labute approximate surface area is 165 Å². The van der Waals surface area contributed by atoms with Gasteiger partial charge in [0.15, 0.2) is 6.61 Å². The first kappa shape index (κ1) is 21.5. The first-order valence-corrected chi connectivity index (χ1v) is 8.43. The number of hydrogen-bond acceptors (Lipinski definition) is 6. The number of rotatable bonds is 7. The fourth-order valence-corrected chi connectivity index (χ4v) is 2.33. The molecule has 29 heavy (non-hydrogen) atoms. The second kappa shape index (κ2) is 9.40. The Kier molecular flexibility index (Phi) is 6.96. The molecule has 0 aliphatic heterocycles. The minimum Gasteiger partial charge on any atom is -0.454 e. The number of carbonyl (C=O) groups excluding carboxylic acids is 3. The number of nitrogens with zero attached hydrogens (tertiary/aromatic N) is 1. The van der Waals surface area contributed by atoms with Gasteiger partial charge in [-0.25, -0.2) is 4.39 Å². The molecule has 0 radical (unpaired) electrons. The summed E-state index contributed by atoms with van der Waals surface area (Å²) in [6.45, 7) is 2.14. The summed E-state index contributed by atoms with van der Waals surface area (Å²) in [5, 5.41) is 15.6. The van der Waals surface area contributed by atoms with Crippen molar-refractivity contribution in [1.82, 2.24) is 5.32 Å². The molecule has 0 saturated carbocycles. The van der Waals surface area contributed by atoms with Crippen LogP contribution in [-0.4, -0.2) is 35.9 Å². The average Bonchev–Trinajstić information content (AvgIpc) is 2.67. The molecule has 2 N–H and O–H groups in total. The second-order valence-corrected chi connectivity index (χ2v) is 6.08. The van der Waals surface area contributed by atoms with E-state index in [0.717, 1.165) is 11.6 Å². The molecule has 0 unspecified atom stereocenters. The molecule has 152 valence electrons. The molecule has 10 heteroatoms. The topological polar surface area (TPSA) is 128 Å². The quantitative estimate of drug-likeness (QED) is 0.415. The molecule has 0 aliphatic carbocycles. The average molecular weight is 403 g/mol. The van der Waals surface area contributed by atoms with Crippen LogP contribution in [0, 0.1) is 29.8 Å². The van der Waals surface area contributed by atoms with Crippen molar-refractivity contribution in [1.29, 1.82) is 0 Å². The number of carbonyl (C=O) groups is 3. The lowest BCUT2D eigenvalue weighted by Gasteiger charge is -2.10. The number of ether oxygens (including phenoxy) is 1. The molecule has 0 bridgehead atoms. The molecule has 2 aromatic rings. The third kappa shape index (κ3) is 5.83. The zero-order valence-corrected chi connectivity index (χ0v) is 15.7. The van der Waals surface area contributed by atoms with Crippen molar-refractivity contribution < 1.29 is 28.4 Å². The minimum absolute atomic E-state index is 0.0213. The van der Waals surface area contributed by atoms with E-state index in [0.29, 0.717) is 5.56 Å². The van der Waals surface area contributed by atoms with E-state index in [1.807, 2.05) is 0 Å². The fourth-order valence-electron chi connectivity index (χ4n) is 2.33. The highest BCUT2D eigenvalue weighted by Crippen LogP contribution is 2.27. The Morgan fingerprint density at radius 3 is 2.45 bits per heavy atom. The molecule has 2 aromatic carbocycles. The number of esters is 1. The van der Waals surface area contributed by atoms with Crippen molar-refractivity contribution in [2.75, 3.05) is 18.5 Å². The molecule has 0 atom stereocenters. The number of benzene rings is 2. The summed E-state index contributed by atoms with van der Waals surface area (Å²) in [5.41, 5.74) is 0.877. The monoisotopic (exact) mass is 403 g/mol. The molecule has 2 rings (SSSR count). The van der Waals surface area contributed by atoms with E-state index < -0.39 is 41.7 Å². The van der Waals surface area contributed by atoms with Gasteiger partial charge < -0.3 is 15.4 Å². The number of nitro groups is 1. The number of halogens is 1. The predicted octanol–water partition coefficient (Wildman–Crippen LogP) is 2.26. The molecule has 9 nitrogen and oxygen atoms in total. The third-order valence-corrected chi connectivity index (χ3v) is 3.96. The van der Waals surface area contributed by atoms with E-state index in [2.05, 4.69) is 10.6 Å². The molecule has 0 aliphatic rings. The van der Waals surface area contributed by atoms with Gasteiger partial charge in [-0.05, 0) is 43.2 Å². The Balaban J connectivity index is 1.87. The first-order chi connectivity index (χ1) is 13.7. The van der Waals surface area contributed by atoms with E-state index in [9.17, 15) is 28.9 Å². The number of nitro benzene ring substituents is 1. The molecular weight excluding hydrogens is 385 g/mol. The highest BCUT2D eigenvalue weighted by atomic mass is 19.1. The maximum absolute atomic E-state index is 13.5. The number of anilines is 1. The van der Waals surface area contributed by atoms with Crippen LogP contribution >= 0.6 is 0 Å². The third-order valence-electron chi connectivity index (χ3n) is 3.96. The zero-order chi connectivity index (χ0) is 21.6. The second-order valence-electron chi connectivity index (χ2n) is 6.08. The van der Waals surface area contributed by atoms with Crippen LogP contribution in [0.2, 0.25) is 0 Å². The predicted molar refractivity (Wildman–Crippen MR) is 101 cm³/mol. The van der Waals surface area contributed by atoms with Crippen LogP contribution in [0.1, 0.15) is 21.5 Å². The maximum Gasteiger partial charge on any atom is 0.325 e. The highest BCUT2D eigenvalue weighted by Gasteiger charge is 2.19. The van der Waals surface area contributed by atoms with E-state index in [1.54, 1.807) is 13.8 Å². The van der Waals surface area contributed by atoms with Crippen LogP contribution in [0.4, 0.5) is 15.8 Å². The van der Waals surface area contributed by atoms with Gasteiger partial charge in [0.25, 0.3) is 17.5 Å². The van der Waals surface area contributed by atoms with Crippen LogP contribution in [0.25, 0.3) is 0 Å². The Bertz CT molecular complexity index is 976. The van der Waals surface area contributed by atoms with Gasteiger partial charge in [-0.3, -0.25) is 24.5 Å². The van der Waals surface area contributed by atoms with E-state index >= 15 is 0 Å². The van der Waals surface area contributed by atoms with E-state index in [4.69, 9.17) is 4.74 Å². The number of hydrogen-bond donors (Lipinski definition) is 2. The number of amides is 2. The smallest absolute Gasteiger partial charge is 0.325 e. The van der Waals surface area contributed by atoms with Gasteiger partial charge in [-0.1, -0.05) is 12.1 Å². The summed E-state index contributed by atoms with van der Waals surface area (Å²) in [5.74, 6) is -3.27. The first-order valence-electron chi connectivity index (χ1n) is 8.43. The Hall–Kier alpha value is -3.82. The van der Waals surface area contributed by atoms with Gasteiger partial charge in [-0.2, -0.15) is 0 Å². The summed E-state index contributed by atoms with van der Waals surface area (Å²) in [6, 6.07) is 8.01. The Morgan fingerprint density at radius 1 is 1.14 bits per heavy atom. The minimum atomic E-state index is -0.931. The lowest BCUT2D eigenvalue weighted by molar-refractivity contribution is -0.384. The number of nitrogens with one attached hydrogen (secondary N) is 2. The summed E-state index contributed by atoms with van der Waals surface area (Å²) in [4.78, 5) is 45.9. The van der Waals surface area contributed by atoms with Crippen molar-refractivity contribution in [3.05, 3.63) is 69.0 Å². The normalized spacial score (nSPS) is 10.2. The summed E-state index contributed by atoms with van der Waals surface area (Å²) >= 11 is 0. The van der Waals surface area contributed by atoms with Crippen LogP contribution in [0.15, 0.2) is 36.4 Å². The van der Waals surface area contributed by atoms with Crippen molar-refractivity contribution in [3.8, 4) is 0 Å². The highest BCUT2D eigenvalue weighted by molar-refractivity contribution is 5.97. The molecule has 0 fully saturated rings. The molecule has 0 spiro atoms. The van der Waals surface area contributed by atoms with Crippen LogP contribution < -0.4 is 10.6 Å². The van der Waals surface area contributed by atoms with Gasteiger partial charge >= 0.3 is 5.97 Å². The summed E-state index contributed by atoms with van der Waals surface area (Å²) in [6.07, 6.45) is 0. The summed E-state index contributed by atoms with van der Waals surface area (Å²) < 4.78 is 18.2. The molecule has 0 aromatic heterocycles. The van der Waals surface area contributed by atoms with E-state index in [-0.39, 0.29) is 16.9 Å². The van der Waals surface area contributed by atoms with Crippen LogP contribution in [0.3, 0.4) is 0 Å². The maximum atomic E-state index is 13.5. The van der Waals surface area contributed by atoms with Gasteiger partial charge in [0.1, 0.15) is 18.0 Å². The lowest BCUT2D eigenvalue weighted by atomic mass is 10.1. The van der Waals surface area contributed by atoms with Crippen molar-refractivity contribution in [3.63, 3.8) is 0 Å². The molecular formula is C19H18FN3O6. The SMILES string of the molecule is Cc1cc(NC(=O)COC(=O)CNC(=O)c2ccccc2F)c([N+](=O)[O-])cc1C. The fraction of sp³-hybridized carbons (Fsp3) is 0.211. The van der Waals surface area contributed by atoms with Crippen LogP contribution in [-0.2, 0) is 14.3 Å². The number of aryl methyl sites for hydroxylation is 2. The molecule has 2 amide bonds. The molecule has 0 heterocycles. The van der Waals surface area contributed by atoms with Gasteiger partial charge in [0.2, 0.25) is 0 Å². The largest absolute Gasteiger partial charge is 0.454 e. The van der Waals surface area contributed by atoms with Gasteiger partial charge in [-0.15, -0.1) is 0 Å². The van der Waals surface area contributed by atoms with Crippen LogP contribution in [0.5, 0.6) is 0 Å². The van der Waals surface area contributed by atoms with Crippen molar-refractivity contribution in [2.45, 2.75) is 13.8 Å². The molecule has 0 saturated heterocycles.